The van der Waals surface area contributed by atoms with Gasteiger partial charge >= 0.3 is 5.97 Å². The lowest BCUT2D eigenvalue weighted by atomic mass is 10.2. The number of carboxylic acid groups (broad SMARTS) is 1. The molecule has 108 valence electrons. The smallest absolute Gasteiger partial charge is 0.328 e. The molecule has 0 saturated heterocycles. The van der Waals surface area contributed by atoms with Crippen molar-refractivity contribution in [3.63, 3.8) is 0 Å². The van der Waals surface area contributed by atoms with Crippen LogP contribution in [0.3, 0.4) is 0 Å². The highest BCUT2D eigenvalue weighted by Gasteiger charge is 2.21. The Hall–Kier alpha value is -2.23. The minimum atomic E-state index is -1.36. The topological polar surface area (TPSA) is 132 Å². The molecule has 0 aliphatic rings. The third kappa shape index (κ3) is 3.88. The third-order valence-corrected chi connectivity index (χ3v) is 2.86. The van der Waals surface area contributed by atoms with Gasteiger partial charge in [0.05, 0.1) is 22.1 Å². The van der Waals surface area contributed by atoms with Crippen LogP contribution in [0.25, 0.3) is 0 Å². The van der Waals surface area contributed by atoms with Gasteiger partial charge in [0.1, 0.15) is 6.04 Å². The summed E-state index contributed by atoms with van der Waals surface area (Å²) in [6, 6.07) is -0.341. The maximum Gasteiger partial charge on any atom is 0.328 e. The second-order valence-electron chi connectivity index (χ2n) is 3.85. The summed E-state index contributed by atoms with van der Waals surface area (Å²) in [4.78, 5) is 43.6. The summed E-state index contributed by atoms with van der Waals surface area (Å²) >= 11 is 2.87. The number of aliphatic carboxylic acids is 1. The molecular weight excluding hydrogens is 338 g/mol. The Bertz CT molecular complexity index is 626. The number of nitro groups is 1. The van der Waals surface area contributed by atoms with Gasteiger partial charge in [-0.05, 0) is 15.9 Å². The summed E-state index contributed by atoms with van der Waals surface area (Å²) < 4.78 is 0.787. The molecule has 9 nitrogen and oxygen atoms in total. The van der Waals surface area contributed by atoms with Crippen molar-refractivity contribution in [2.75, 3.05) is 0 Å². The number of halogens is 1. The molecular formula is C10H10BrN3O6. The van der Waals surface area contributed by atoms with E-state index in [1.54, 1.807) is 0 Å². The minimum absolute atomic E-state index is 0.0707. The van der Waals surface area contributed by atoms with Gasteiger partial charge in [-0.1, -0.05) is 0 Å². The number of pyridine rings is 1. The zero-order valence-corrected chi connectivity index (χ0v) is 11.8. The molecule has 0 aliphatic carbocycles. The van der Waals surface area contributed by atoms with Gasteiger partial charge in [0, 0.05) is 13.0 Å². The normalized spacial score (nSPS) is 11.7. The monoisotopic (exact) mass is 347 g/mol. The molecule has 1 aromatic heterocycles. The largest absolute Gasteiger partial charge is 0.480 e. The van der Waals surface area contributed by atoms with E-state index in [0.29, 0.717) is 0 Å². The molecule has 2 N–H and O–H groups in total. The standard InChI is InChI=1S/C10H10BrN3O6/c1-5(15)12-8(10(17)18)4-13-3-6(14(19)20)2-7(11)9(13)16/h2-3,8H,4H2,1H3,(H,12,15)(H,17,18). The molecule has 0 fully saturated rings. The maximum absolute atomic E-state index is 11.8. The Morgan fingerprint density at radius 1 is 1.60 bits per heavy atom. The van der Waals surface area contributed by atoms with Crippen molar-refractivity contribution < 1.29 is 19.6 Å². The SMILES string of the molecule is CC(=O)NC(Cn1cc([N+](=O)[O-])cc(Br)c1=O)C(=O)O. The number of nitrogens with zero attached hydrogens (tertiary/aromatic N) is 2. The van der Waals surface area contributed by atoms with E-state index in [1.165, 1.54) is 0 Å². The average Bonchev–Trinajstić information content (AvgIpc) is 2.32. The number of nitrogens with one attached hydrogen (secondary N) is 1. The van der Waals surface area contributed by atoms with Crippen LogP contribution in [0.4, 0.5) is 5.69 Å². The van der Waals surface area contributed by atoms with Crippen LogP contribution in [-0.2, 0) is 16.1 Å². The van der Waals surface area contributed by atoms with Crippen LogP contribution in [0.2, 0.25) is 0 Å². The van der Waals surface area contributed by atoms with Gasteiger partial charge in [0.25, 0.3) is 11.2 Å². The second-order valence-corrected chi connectivity index (χ2v) is 4.71. The van der Waals surface area contributed by atoms with Crippen LogP contribution in [0.1, 0.15) is 6.92 Å². The van der Waals surface area contributed by atoms with Crippen molar-refractivity contribution >= 4 is 33.5 Å². The zero-order valence-electron chi connectivity index (χ0n) is 10.2. The lowest BCUT2D eigenvalue weighted by molar-refractivity contribution is -0.385. The molecule has 0 aliphatic heterocycles. The summed E-state index contributed by atoms with van der Waals surface area (Å²) in [7, 11) is 0. The Morgan fingerprint density at radius 2 is 2.20 bits per heavy atom. The highest BCUT2D eigenvalue weighted by molar-refractivity contribution is 9.10. The summed E-state index contributed by atoms with van der Waals surface area (Å²) in [6.45, 7) is 0.704. The Labute approximate surface area is 120 Å². The predicted octanol–water partition coefficient (Wildman–Crippen LogP) is 0.108. The van der Waals surface area contributed by atoms with Crippen LogP contribution in [-0.4, -0.2) is 32.5 Å². The van der Waals surface area contributed by atoms with Crippen molar-refractivity contribution in [3.05, 3.63) is 37.2 Å². The number of aromatic nitrogens is 1. The van der Waals surface area contributed by atoms with Crippen molar-refractivity contribution in [2.24, 2.45) is 0 Å². The van der Waals surface area contributed by atoms with Gasteiger partial charge in [-0.3, -0.25) is 19.7 Å². The fourth-order valence-corrected chi connectivity index (χ4v) is 1.91. The first-order valence-corrected chi connectivity index (χ1v) is 6.06. The van der Waals surface area contributed by atoms with E-state index >= 15 is 0 Å². The first kappa shape index (κ1) is 15.8. The molecule has 1 aromatic rings. The summed E-state index contributed by atoms with van der Waals surface area (Å²) in [5.41, 5.74) is -1.00. The molecule has 1 heterocycles. The summed E-state index contributed by atoms with van der Waals surface area (Å²) in [6.07, 6.45) is 0.921. The van der Waals surface area contributed by atoms with E-state index < -0.39 is 34.9 Å². The van der Waals surface area contributed by atoms with Gasteiger partial charge in [0.2, 0.25) is 5.91 Å². The molecule has 10 heteroatoms. The lowest BCUT2D eigenvalue weighted by Crippen LogP contribution is -2.44. The quantitative estimate of drug-likeness (QED) is 0.573. The van der Waals surface area contributed by atoms with Crippen LogP contribution in [0.5, 0.6) is 0 Å². The second kappa shape index (κ2) is 6.28. The molecule has 0 radical (unpaired) electrons. The average molecular weight is 348 g/mol. The summed E-state index contributed by atoms with van der Waals surface area (Å²) in [5.74, 6) is -1.94. The summed E-state index contributed by atoms with van der Waals surface area (Å²) in [5, 5.41) is 21.8. The van der Waals surface area contributed by atoms with Gasteiger partial charge < -0.3 is 15.0 Å². The molecule has 0 saturated carbocycles. The van der Waals surface area contributed by atoms with E-state index in [0.717, 1.165) is 23.8 Å². The zero-order chi connectivity index (χ0) is 15.4. The molecule has 0 spiro atoms. The fraction of sp³-hybridized carbons (Fsp3) is 0.300. The molecule has 0 bridgehead atoms. The first-order chi connectivity index (χ1) is 9.22. The van der Waals surface area contributed by atoms with Crippen LogP contribution in [0.15, 0.2) is 21.5 Å². The highest BCUT2D eigenvalue weighted by atomic mass is 79.9. The molecule has 1 unspecified atom stereocenters. The van der Waals surface area contributed by atoms with E-state index in [9.17, 15) is 24.5 Å². The lowest BCUT2D eigenvalue weighted by Gasteiger charge is -2.14. The molecule has 1 atom stereocenters. The number of amides is 1. The molecule has 1 amide bonds. The molecule has 20 heavy (non-hydrogen) atoms. The minimum Gasteiger partial charge on any atom is -0.480 e. The number of carbonyl (C=O) groups excluding carboxylic acids is 1. The Balaban J connectivity index is 3.18. The number of carbonyl (C=O) groups is 2. The van der Waals surface area contributed by atoms with Crippen molar-refractivity contribution in [2.45, 2.75) is 19.5 Å². The van der Waals surface area contributed by atoms with E-state index in [-0.39, 0.29) is 10.2 Å². The van der Waals surface area contributed by atoms with Crippen molar-refractivity contribution in [1.29, 1.82) is 0 Å². The number of hydrogen-bond acceptors (Lipinski definition) is 5. The van der Waals surface area contributed by atoms with Gasteiger partial charge in [-0.2, -0.15) is 0 Å². The van der Waals surface area contributed by atoms with Gasteiger partial charge in [-0.15, -0.1) is 0 Å². The van der Waals surface area contributed by atoms with E-state index in [2.05, 4.69) is 21.2 Å². The first-order valence-electron chi connectivity index (χ1n) is 5.26. The van der Waals surface area contributed by atoms with E-state index in [1.807, 2.05) is 0 Å². The third-order valence-electron chi connectivity index (χ3n) is 2.29. The predicted molar refractivity (Wildman–Crippen MR) is 70.3 cm³/mol. The van der Waals surface area contributed by atoms with Crippen LogP contribution in [0, 0.1) is 10.1 Å². The van der Waals surface area contributed by atoms with Crippen molar-refractivity contribution in [3.8, 4) is 0 Å². The number of hydrogen-bond donors (Lipinski definition) is 2. The number of rotatable bonds is 5. The fourth-order valence-electron chi connectivity index (χ4n) is 1.45. The number of carboxylic acids is 1. The van der Waals surface area contributed by atoms with E-state index in [4.69, 9.17) is 5.11 Å². The molecule has 0 aromatic carbocycles. The van der Waals surface area contributed by atoms with Crippen LogP contribution < -0.4 is 10.9 Å². The highest BCUT2D eigenvalue weighted by Crippen LogP contribution is 2.14. The van der Waals surface area contributed by atoms with Crippen LogP contribution >= 0.6 is 15.9 Å². The van der Waals surface area contributed by atoms with Crippen molar-refractivity contribution in [1.82, 2.24) is 9.88 Å². The molecule has 1 rings (SSSR count). The maximum atomic E-state index is 11.8. The Kier molecular flexibility index (Phi) is 4.97. The Morgan fingerprint density at radius 3 is 2.65 bits per heavy atom. The van der Waals surface area contributed by atoms with Gasteiger partial charge in [-0.25, -0.2) is 4.79 Å². The van der Waals surface area contributed by atoms with Gasteiger partial charge in [0.15, 0.2) is 0 Å².